The second-order valence-electron chi connectivity index (χ2n) is 5.78. The monoisotopic (exact) mass is 352 g/mol. The maximum atomic E-state index is 13.1. The first-order valence-corrected chi connectivity index (χ1v) is 8.06. The van der Waals surface area contributed by atoms with Gasteiger partial charge in [0.15, 0.2) is 6.10 Å². The third-order valence-corrected chi connectivity index (χ3v) is 3.64. The van der Waals surface area contributed by atoms with E-state index in [0.717, 1.165) is 11.1 Å². The van der Waals surface area contributed by atoms with Crippen LogP contribution in [0.3, 0.4) is 0 Å². The second kappa shape index (κ2) is 7.74. The molecular formula is C20H17FN2O3. The SMILES string of the molecule is Cc1ccc(-c2nnc([C@@H](C)OC(=O)/C=C/c3cccc(F)c3)o2)cc1. The van der Waals surface area contributed by atoms with Gasteiger partial charge in [-0.3, -0.25) is 0 Å². The van der Waals surface area contributed by atoms with Gasteiger partial charge in [0.1, 0.15) is 5.82 Å². The molecule has 0 fully saturated rings. The number of ether oxygens (including phenoxy) is 1. The van der Waals surface area contributed by atoms with Gasteiger partial charge in [0, 0.05) is 11.6 Å². The van der Waals surface area contributed by atoms with Crippen molar-refractivity contribution in [3.8, 4) is 11.5 Å². The van der Waals surface area contributed by atoms with Crippen LogP contribution in [-0.2, 0) is 9.53 Å². The summed E-state index contributed by atoms with van der Waals surface area (Å²) in [4.78, 5) is 11.9. The second-order valence-corrected chi connectivity index (χ2v) is 5.78. The van der Waals surface area contributed by atoms with E-state index in [1.165, 1.54) is 24.3 Å². The molecule has 2 aromatic carbocycles. The highest BCUT2D eigenvalue weighted by molar-refractivity contribution is 5.87. The van der Waals surface area contributed by atoms with E-state index in [0.29, 0.717) is 11.5 Å². The number of hydrogen-bond donors (Lipinski definition) is 0. The van der Waals surface area contributed by atoms with E-state index < -0.39 is 12.1 Å². The molecule has 0 aliphatic heterocycles. The van der Waals surface area contributed by atoms with Crippen molar-refractivity contribution in [2.75, 3.05) is 0 Å². The zero-order chi connectivity index (χ0) is 18.5. The van der Waals surface area contributed by atoms with E-state index in [4.69, 9.17) is 9.15 Å². The molecule has 26 heavy (non-hydrogen) atoms. The minimum atomic E-state index is -0.702. The molecule has 0 spiro atoms. The van der Waals surface area contributed by atoms with Crippen molar-refractivity contribution < 1.29 is 18.3 Å². The first kappa shape index (κ1) is 17.5. The van der Waals surface area contributed by atoms with E-state index in [-0.39, 0.29) is 11.7 Å². The Labute approximate surface area is 150 Å². The van der Waals surface area contributed by atoms with Crippen LogP contribution in [0.5, 0.6) is 0 Å². The Morgan fingerprint density at radius 3 is 2.69 bits per heavy atom. The number of benzene rings is 2. The molecule has 0 bridgehead atoms. The molecule has 0 unspecified atom stereocenters. The van der Waals surface area contributed by atoms with Gasteiger partial charge < -0.3 is 9.15 Å². The van der Waals surface area contributed by atoms with Crippen LogP contribution in [0.2, 0.25) is 0 Å². The van der Waals surface area contributed by atoms with Crippen LogP contribution in [-0.4, -0.2) is 16.2 Å². The highest BCUT2D eigenvalue weighted by atomic mass is 19.1. The fourth-order valence-corrected chi connectivity index (χ4v) is 2.25. The lowest BCUT2D eigenvalue weighted by atomic mass is 10.1. The summed E-state index contributed by atoms with van der Waals surface area (Å²) >= 11 is 0. The lowest BCUT2D eigenvalue weighted by molar-refractivity contribution is -0.143. The normalized spacial score (nSPS) is 12.3. The number of halogens is 1. The summed E-state index contributed by atoms with van der Waals surface area (Å²) in [7, 11) is 0. The molecule has 6 heteroatoms. The number of aromatic nitrogens is 2. The Bertz CT molecular complexity index is 932. The van der Waals surface area contributed by atoms with Gasteiger partial charge >= 0.3 is 5.97 Å². The van der Waals surface area contributed by atoms with Gasteiger partial charge in [-0.1, -0.05) is 29.8 Å². The number of aryl methyl sites for hydroxylation is 1. The quantitative estimate of drug-likeness (QED) is 0.500. The van der Waals surface area contributed by atoms with E-state index >= 15 is 0 Å². The number of rotatable bonds is 5. The molecule has 3 aromatic rings. The molecule has 1 aromatic heterocycles. The van der Waals surface area contributed by atoms with E-state index in [9.17, 15) is 9.18 Å². The molecule has 0 N–H and O–H groups in total. The molecule has 3 rings (SSSR count). The molecule has 0 radical (unpaired) electrons. The number of carbonyl (C=O) groups excluding carboxylic acids is 1. The highest BCUT2D eigenvalue weighted by Crippen LogP contribution is 2.22. The summed E-state index contributed by atoms with van der Waals surface area (Å²) in [5.74, 6) is -0.397. The van der Waals surface area contributed by atoms with Crippen LogP contribution in [0.1, 0.15) is 30.0 Å². The Morgan fingerprint density at radius 1 is 1.19 bits per heavy atom. The van der Waals surface area contributed by atoms with Gasteiger partial charge in [0.2, 0.25) is 5.89 Å². The topological polar surface area (TPSA) is 65.2 Å². The van der Waals surface area contributed by atoms with Gasteiger partial charge in [0.25, 0.3) is 5.89 Å². The Balaban J connectivity index is 1.63. The zero-order valence-electron chi connectivity index (χ0n) is 14.3. The summed E-state index contributed by atoms with van der Waals surface area (Å²) in [6.45, 7) is 3.63. The van der Waals surface area contributed by atoms with Crippen LogP contribution in [0.4, 0.5) is 4.39 Å². The van der Waals surface area contributed by atoms with Gasteiger partial charge in [-0.25, -0.2) is 9.18 Å². The fraction of sp³-hybridized carbons (Fsp3) is 0.150. The summed E-state index contributed by atoms with van der Waals surface area (Å²) in [5.41, 5.74) is 2.48. The molecule has 1 atom stereocenters. The van der Waals surface area contributed by atoms with Gasteiger partial charge in [-0.15, -0.1) is 10.2 Å². The average Bonchev–Trinajstić information content (AvgIpc) is 3.11. The van der Waals surface area contributed by atoms with Gasteiger partial charge in [0.05, 0.1) is 0 Å². The lowest BCUT2D eigenvalue weighted by Crippen LogP contribution is -2.06. The smallest absolute Gasteiger partial charge is 0.331 e. The van der Waals surface area contributed by atoms with Crippen molar-refractivity contribution in [1.82, 2.24) is 10.2 Å². The molecule has 0 amide bonds. The third kappa shape index (κ3) is 4.42. The summed E-state index contributed by atoms with van der Waals surface area (Å²) in [6, 6.07) is 13.5. The number of nitrogens with zero attached hydrogens (tertiary/aromatic N) is 2. The molecule has 5 nitrogen and oxygen atoms in total. The average molecular weight is 352 g/mol. The van der Waals surface area contributed by atoms with Crippen LogP contribution < -0.4 is 0 Å². The Kier molecular flexibility index (Phi) is 5.22. The molecule has 0 aliphatic carbocycles. The predicted octanol–water partition coefficient (Wildman–Crippen LogP) is 4.50. The summed E-state index contributed by atoms with van der Waals surface area (Å²) in [6.07, 6.45) is 2.00. The maximum Gasteiger partial charge on any atom is 0.331 e. The van der Waals surface area contributed by atoms with Crippen molar-refractivity contribution in [2.45, 2.75) is 20.0 Å². The Hall–Kier alpha value is -3.28. The lowest BCUT2D eigenvalue weighted by Gasteiger charge is -2.06. The van der Waals surface area contributed by atoms with Gasteiger partial charge in [-0.05, 0) is 49.8 Å². The van der Waals surface area contributed by atoms with Crippen LogP contribution in [0, 0.1) is 12.7 Å². The van der Waals surface area contributed by atoms with Crippen molar-refractivity contribution in [3.05, 3.63) is 77.4 Å². The zero-order valence-corrected chi connectivity index (χ0v) is 14.3. The van der Waals surface area contributed by atoms with Crippen molar-refractivity contribution in [1.29, 1.82) is 0 Å². The van der Waals surface area contributed by atoms with Crippen LogP contribution in [0.25, 0.3) is 17.5 Å². The van der Waals surface area contributed by atoms with Crippen LogP contribution in [0.15, 0.2) is 59.0 Å². The van der Waals surface area contributed by atoms with Crippen molar-refractivity contribution in [3.63, 3.8) is 0 Å². The first-order chi connectivity index (χ1) is 12.5. The minimum absolute atomic E-state index is 0.202. The summed E-state index contributed by atoms with van der Waals surface area (Å²) in [5, 5.41) is 7.91. The number of esters is 1. The van der Waals surface area contributed by atoms with E-state index in [1.807, 2.05) is 31.2 Å². The number of hydrogen-bond acceptors (Lipinski definition) is 5. The minimum Gasteiger partial charge on any atom is -0.449 e. The number of carbonyl (C=O) groups is 1. The summed E-state index contributed by atoms with van der Waals surface area (Å²) < 4.78 is 23.9. The highest BCUT2D eigenvalue weighted by Gasteiger charge is 2.18. The third-order valence-electron chi connectivity index (χ3n) is 3.64. The standard InChI is InChI=1S/C20H17FN2O3/c1-13-6-9-16(10-7-13)20-23-22-19(26-20)14(2)25-18(24)11-8-15-4-3-5-17(21)12-15/h3-12,14H,1-2H3/b11-8+/t14-/m1/s1. The molecule has 1 heterocycles. The maximum absolute atomic E-state index is 13.1. The van der Waals surface area contributed by atoms with Crippen molar-refractivity contribution in [2.24, 2.45) is 0 Å². The van der Waals surface area contributed by atoms with Crippen LogP contribution >= 0.6 is 0 Å². The first-order valence-electron chi connectivity index (χ1n) is 8.06. The van der Waals surface area contributed by atoms with Crippen molar-refractivity contribution >= 4 is 12.0 Å². The molecular weight excluding hydrogens is 335 g/mol. The molecule has 0 aliphatic rings. The molecule has 0 saturated carbocycles. The largest absolute Gasteiger partial charge is 0.449 e. The fourth-order valence-electron chi connectivity index (χ4n) is 2.25. The molecule has 0 saturated heterocycles. The van der Waals surface area contributed by atoms with E-state index in [1.54, 1.807) is 19.1 Å². The van der Waals surface area contributed by atoms with E-state index in [2.05, 4.69) is 10.2 Å². The molecule has 132 valence electrons. The van der Waals surface area contributed by atoms with Gasteiger partial charge in [-0.2, -0.15) is 0 Å². The predicted molar refractivity (Wildman–Crippen MR) is 94.4 cm³/mol. The Morgan fingerprint density at radius 2 is 1.96 bits per heavy atom.